The van der Waals surface area contributed by atoms with Crippen molar-refractivity contribution in [1.29, 1.82) is 0 Å². The molecular formula is C17H27N7O. The Morgan fingerprint density at radius 3 is 2.80 bits per heavy atom. The highest BCUT2D eigenvalue weighted by molar-refractivity contribution is 5.07. The SMILES string of the molecule is Cc1nc(CN2CCC[C@@H](N(C)Cc3nnc(C4CC4)n3C)C2)no1. The Morgan fingerprint density at radius 1 is 1.24 bits per heavy atom. The van der Waals surface area contributed by atoms with Gasteiger partial charge in [-0.25, -0.2) is 0 Å². The first-order chi connectivity index (χ1) is 12.1. The summed E-state index contributed by atoms with van der Waals surface area (Å²) in [6, 6.07) is 0.517. The number of hydrogen-bond donors (Lipinski definition) is 0. The van der Waals surface area contributed by atoms with Crippen LogP contribution in [0.2, 0.25) is 0 Å². The summed E-state index contributed by atoms with van der Waals surface area (Å²) in [5.74, 6) is 4.27. The van der Waals surface area contributed by atoms with Crippen LogP contribution < -0.4 is 0 Å². The fraction of sp³-hybridized carbons (Fsp3) is 0.765. The average Bonchev–Trinajstić information content (AvgIpc) is 3.27. The Balaban J connectivity index is 1.35. The van der Waals surface area contributed by atoms with Crippen LogP contribution in [0.15, 0.2) is 4.52 Å². The Kier molecular flexibility index (Phi) is 4.56. The van der Waals surface area contributed by atoms with Gasteiger partial charge < -0.3 is 9.09 Å². The Bertz CT molecular complexity index is 720. The van der Waals surface area contributed by atoms with E-state index in [1.807, 2.05) is 6.92 Å². The van der Waals surface area contributed by atoms with E-state index in [0.29, 0.717) is 17.9 Å². The number of likely N-dealkylation sites (tertiary alicyclic amines) is 1. The first kappa shape index (κ1) is 16.7. The maximum absolute atomic E-state index is 5.08. The smallest absolute Gasteiger partial charge is 0.223 e. The lowest BCUT2D eigenvalue weighted by Crippen LogP contribution is -2.46. The normalized spacial score (nSPS) is 22.0. The summed E-state index contributed by atoms with van der Waals surface area (Å²) in [6.07, 6.45) is 4.92. The van der Waals surface area contributed by atoms with Gasteiger partial charge in [0, 0.05) is 32.5 Å². The molecule has 1 aliphatic carbocycles. The van der Waals surface area contributed by atoms with Crippen molar-refractivity contribution in [2.75, 3.05) is 20.1 Å². The van der Waals surface area contributed by atoms with Gasteiger partial charge in [0.05, 0.1) is 13.1 Å². The minimum Gasteiger partial charge on any atom is -0.340 e. The number of likely N-dealkylation sites (N-methyl/N-ethyl adjacent to an activating group) is 1. The molecule has 1 atom stereocenters. The molecule has 3 heterocycles. The van der Waals surface area contributed by atoms with E-state index in [4.69, 9.17) is 4.52 Å². The molecule has 8 heteroatoms. The van der Waals surface area contributed by atoms with Crippen molar-refractivity contribution in [3.63, 3.8) is 0 Å². The summed E-state index contributed by atoms with van der Waals surface area (Å²) in [5.41, 5.74) is 0. The van der Waals surface area contributed by atoms with E-state index in [-0.39, 0.29) is 0 Å². The molecule has 0 bridgehead atoms. The molecular weight excluding hydrogens is 318 g/mol. The number of aromatic nitrogens is 5. The van der Waals surface area contributed by atoms with Crippen LogP contribution in [-0.4, -0.2) is 60.9 Å². The van der Waals surface area contributed by atoms with Crippen LogP contribution in [0.4, 0.5) is 0 Å². The minimum atomic E-state index is 0.517. The van der Waals surface area contributed by atoms with Crippen LogP contribution in [-0.2, 0) is 20.1 Å². The Labute approximate surface area is 148 Å². The summed E-state index contributed by atoms with van der Waals surface area (Å²) in [4.78, 5) is 9.15. The van der Waals surface area contributed by atoms with Crippen LogP contribution in [0, 0.1) is 6.92 Å². The fourth-order valence-corrected chi connectivity index (χ4v) is 3.70. The van der Waals surface area contributed by atoms with Gasteiger partial charge in [-0.05, 0) is 39.3 Å². The van der Waals surface area contributed by atoms with Crippen molar-refractivity contribution in [3.8, 4) is 0 Å². The Morgan fingerprint density at radius 2 is 2.08 bits per heavy atom. The Hall–Kier alpha value is -1.80. The highest BCUT2D eigenvalue weighted by Crippen LogP contribution is 2.38. The zero-order valence-corrected chi connectivity index (χ0v) is 15.4. The summed E-state index contributed by atoms with van der Waals surface area (Å²) in [7, 11) is 4.29. The third-order valence-electron chi connectivity index (χ3n) is 5.37. The second-order valence-electron chi connectivity index (χ2n) is 7.48. The minimum absolute atomic E-state index is 0.517. The molecule has 0 radical (unpaired) electrons. The van der Waals surface area contributed by atoms with Gasteiger partial charge in [-0.3, -0.25) is 9.80 Å². The standard InChI is InChI=1S/C17H27N7O/c1-12-18-15(21-25-12)10-24-8-4-5-14(9-24)22(2)11-16-19-20-17(23(16)3)13-6-7-13/h13-14H,4-11H2,1-3H3/t14-/m1/s1. The molecule has 0 N–H and O–H groups in total. The highest BCUT2D eigenvalue weighted by atomic mass is 16.5. The molecule has 0 amide bonds. The van der Waals surface area contributed by atoms with Gasteiger partial charge in [0.2, 0.25) is 5.89 Å². The van der Waals surface area contributed by atoms with Crippen molar-refractivity contribution >= 4 is 0 Å². The van der Waals surface area contributed by atoms with Crippen LogP contribution in [0.3, 0.4) is 0 Å². The summed E-state index contributed by atoms with van der Waals surface area (Å²) >= 11 is 0. The largest absolute Gasteiger partial charge is 0.340 e. The summed E-state index contributed by atoms with van der Waals surface area (Å²) in [5, 5.41) is 12.8. The van der Waals surface area contributed by atoms with Crippen molar-refractivity contribution in [2.24, 2.45) is 7.05 Å². The topological polar surface area (TPSA) is 76.1 Å². The molecule has 8 nitrogen and oxygen atoms in total. The zero-order valence-electron chi connectivity index (χ0n) is 15.4. The monoisotopic (exact) mass is 345 g/mol. The second-order valence-corrected chi connectivity index (χ2v) is 7.48. The molecule has 25 heavy (non-hydrogen) atoms. The van der Waals surface area contributed by atoms with Gasteiger partial charge in [-0.1, -0.05) is 5.16 Å². The van der Waals surface area contributed by atoms with Gasteiger partial charge in [0.15, 0.2) is 5.82 Å². The first-order valence-electron chi connectivity index (χ1n) is 9.20. The predicted octanol–water partition coefficient (Wildman–Crippen LogP) is 1.48. The van der Waals surface area contributed by atoms with Crippen LogP contribution in [0.25, 0.3) is 0 Å². The number of hydrogen-bond acceptors (Lipinski definition) is 7. The highest BCUT2D eigenvalue weighted by Gasteiger charge is 2.30. The number of nitrogens with zero attached hydrogens (tertiary/aromatic N) is 7. The molecule has 2 fully saturated rings. The van der Waals surface area contributed by atoms with Gasteiger partial charge >= 0.3 is 0 Å². The number of piperidine rings is 1. The molecule has 136 valence electrons. The number of rotatable bonds is 6. The van der Waals surface area contributed by atoms with Crippen LogP contribution >= 0.6 is 0 Å². The average molecular weight is 345 g/mol. The van der Waals surface area contributed by atoms with Gasteiger partial charge in [0.25, 0.3) is 0 Å². The van der Waals surface area contributed by atoms with E-state index in [0.717, 1.165) is 43.7 Å². The van der Waals surface area contributed by atoms with E-state index in [2.05, 4.69) is 48.8 Å². The van der Waals surface area contributed by atoms with Gasteiger partial charge in [-0.15, -0.1) is 10.2 Å². The van der Waals surface area contributed by atoms with Crippen molar-refractivity contribution in [2.45, 2.75) is 57.7 Å². The molecule has 0 aromatic carbocycles. The van der Waals surface area contributed by atoms with Crippen molar-refractivity contribution < 1.29 is 4.52 Å². The van der Waals surface area contributed by atoms with Gasteiger partial charge in [-0.2, -0.15) is 4.98 Å². The first-order valence-corrected chi connectivity index (χ1v) is 9.20. The van der Waals surface area contributed by atoms with Gasteiger partial charge in [0.1, 0.15) is 11.6 Å². The van der Waals surface area contributed by atoms with E-state index in [1.165, 1.54) is 25.7 Å². The molecule has 4 rings (SSSR count). The van der Waals surface area contributed by atoms with Crippen molar-refractivity contribution in [3.05, 3.63) is 23.4 Å². The fourth-order valence-electron chi connectivity index (χ4n) is 3.70. The summed E-state index contributed by atoms with van der Waals surface area (Å²) in [6.45, 7) is 5.55. The van der Waals surface area contributed by atoms with E-state index >= 15 is 0 Å². The van der Waals surface area contributed by atoms with E-state index < -0.39 is 0 Å². The third-order valence-corrected chi connectivity index (χ3v) is 5.37. The van der Waals surface area contributed by atoms with Crippen LogP contribution in [0.1, 0.15) is 55.0 Å². The van der Waals surface area contributed by atoms with Crippen molar-refractivity contribution in [1.82, 2.24) is 34.7 Å². The van der Waals surface area contributed by atoms with E-state index in [1.54, 1.807) is 0 Å². The lowest BCUT2D eigenvalue weighted by atomic mass is 10.0. The number of aryl methyl sites for hydroxylation is 1. The molecule has 1 saturated heterocycles. The second kappa shape index (κ2) is 6.84. The van der Waals surface area contributed by atoms with Crippen LogP contribution in [0.5, 0.6) is 0 Å². The quantitative estimate of drug-likeness (QED) is 0.785. The maximum atomic E-state index is 5.08. The molecule has 2 aromatic heterocycles. The molecule has 0 spiro atoms. The molecule has 2 aromatic rings. The zero-order chi connectivity index (χ0) is 17.4. The predicted molar refractivity (Wildman–Crippen MR) is 91.8 cm³/mol. The molecule has 2 aliphatic rings. The maximum Gasteiger partial charge on any atom is 0.223 e. The lowest BCUT2D eigenvalue weighted by Gasteiger charge is -2.37. The molecule has 0 unspecified atom stereocenters. The summed E-state index contributed by atoms with van der Waals surface area (Å²) < 4.78 is 7.27. The van der Waals surface area contributed by atoms with E-state index in [9.17, 15) is 0 Å². The third kappa shape index (κ3) is 3.74. The molecule has 1 saturated carbocycles. The lowest BCUT2D eigenvalue weighted by molar-refractivity contribution is 0.102. The molecule has 1 aliphatic heterocycles.